The highest BCUT2D eigenvalue weighted by Gasteiger charge is 2.28. The van der Waals surface area contributed by atoms with Crippen LogP contribution >= 0.6 is 0 Å². The smallest absolute Gasteiger partial charge is 0.317 e. The zero-order chi connectivity index (χ0) is 79.9. The summed E-state index contributed by atoms with van der Waals surface area (Å²) in [6.45, 7) is 13.6. The molecule has 10 N–H and O–H groups in total. The summed E-state index contributed by atoms with van der Waals surface area (Å²) in [6.07, 6.45) is 8.21. The van der Waals surface area contributed by atoms with Crippen LogP contribution in [0.5, 0.6) is 0 Å². The lowest BCUT2D eigenvalue weighted by Gasteiger charge is -2.33. The fraction of sp³-hybridized carbons (Fsp3) is 0.381. The summed E-state index contributed by atoms with van der Waals surface area (Å²) < 4.78 is 0. The van der Waals surface area contributed by atoms with Crippen LogP contribution in [0.25, 0.3) is 90.9 Å². The number of hydrogen-bond donors (Lipinski definition) is 10. The number of aromatic amines is 2. The number of benzene rings is 4. The van der Waals surface area contributed by atoms with Crippen LogP contribution in [0.4, 0.5) is 0 Å². The lowest BCUT2D eigenvalue weighted by Crippen LogP contribution is -2.50. The molecule has 0 spiro atoms. The molecule has 0 atom stereocenters. The Morgan fingerprint density at radius 1 is 0.339 bits per heavy atom. The molecule has 590 valence electrons. The number of nitrogens with zero attached hydrogens (tertiary/aromatic N) is 10. The first-order valence-corrected chi connectivity index (χ1v) is 37.8. The van der Waals surface area contributed by atoms with Crippen LogP contribution in [0.15, 0.2) is 97.1 Å². The molecule has 112 heavy (non-hydrogen) atoms. The van der Waals surface area contributed by atoms with E-state index in [1.807, 2.05) is 70.5 Å². The minimum atomic E-state index is -1.06. The van der Waals surface area contributed by atoms with Crippen molar-refractivity contribution < 1.29 is 69.0 Å². The van der Waals surface area contributed by atoms with Crippen molar-refractivity contribution in [1.82, 2.24) is 69.8 Å². The van der Waals surface area contributed by atoms with Gasteiger partial charge in [0.05, 0.1) is 62.0 Å². The van der Waals surface area contributed by atoms with E-state index in [9.17, 15) is 69.0 Å². The van der Waals surface area contributed by atoms with E-state index in [4.69, 9.17) is 9.97 Å². The number of amides is 4. The van der Waals surface area contributed by atoms with E-state index in [2.05, 4.69) is 123 Å². The molecular formula is C84H100N14O14. The Bertz CT molecular complexity index is 4570. The fourth-order valence-corrected chi connectivity index (χ4v) is 15.5. The maximum atomic E-state index is 14.0. The standard InChI is InChI=1S/C84H100N14O14/c1-53-39-55(3)79(56(4)40-53)83-67-19-15-63(87-67)81(61-11-7-59(8-12-61)43-85-71(101)45-91-23-25-93(47-75(105)106)27-29-95(49-77(109)110)33-37-97(35-31-91)73(103)51-99)65-17-21-69(89-65)84(80-57(5)41-54(2)42-58(80)6)70-22-18-66(90-70)82(64-16-20-68(83)88-64)62-13-9-60(10-14-62)44-86-72(102)46-92-24-26-94(48-76(107)108)28-30-96(50-78(111)112)34-38-98(36-32-92)74(104)52-100/h7-22,39-42,87,90,99-100H,23-38,43-52H2,1-6H3,(H,85,101)(H,86,102)(H,105,106)(H,107,108)(H,109,110)(H,111,112). The molecule has 0 radical (unpaired) electrons. The summed E-state index contributed by atoms with van der Waals surface area (Å²) in [5, 5.41) is 64.6. The molecule has 2 saturated heterocycles. The van der Waals surface area contributed by atoms with E-state index >= 15 is 0 Å². The summed E-state index contributed by atoms with van der Waals surface area (Å²) in [5.74, 6) is -5.86. The van der Waals surface area contributed by atoms with Gasteiger partial charge in [-0.15, -0.1) is 0 Å². The van der Waals surface area contributed by atoms with Gasteiger partial charge in [-0.2, -0.15) is 0 Å². The number of aryl methyl sites for hydroxylation is 6. The second-order valence-corrected chi connectivity index (χ2v) is 29.3. The molecule has 4 aliphatic rings. The van der Waals surface area contributed by atoms with E-state index in [1.165, 1.54) is 9.80 Å². The van der Waals surface area contributed by atoms with Crippen LogP contribution in [-0.2, 0) is 51.4 Å². The zero-order valence-corrected chi connectivity index (χ0v) is 64.4. The number of carbonyl (C=O) groups is 8. The lowest BCUT2D eigenvalue weighted by molar-refractivity contribution is -0.140. The highest BCUT2D eigenvalue weighted by Crippen LogP contribution is 2.42. The lowest BCUT2D eigenvalue weighted by atomic mass is 9.92. The summed E-state index contributed by atoms with van der Waals surface area (Å²) in [7, 11) is 0. The van der Waals surface area contributed by atoms with Gasteiger partial charge in [-0.3, -0.25) is 67.8 Å². The van der Waals surface area contributed by atoms with E-state index in [1.54, 1.807) is 19.6 Å². The molecule has 4 aliphatic heterocycles. The topological polar surface area (TPSA) is 365 Å². The first-order valence-electron chi connectivity index (χ1n) is 37.8. The van der Waals surface area contributed by atoms with Crippen LogP contribution in [0.3, 0.4) is 0 Å². The van der Waals surface area contributed by atoms with Crippen molar-refractivity contribution in [3.63, 3.8) is 0 Å². The largest absolute Gasteiger partial charge is 0.480 e. The second-order valence-electron chi connectivity index (χ2n) is 29.3. The molecule has 2 fully saturated rings. The van der Waals surface area contributed by atoms with Crippen LogP contribution in [0, 0.1) is 41.5 Å². The van der Waals surface area contributed by atoms with E-state index in [-0.39, 0.29) is 169 Å². The third-order valence-electron chi connectivity index (χ3n) is 20.9. The predicted octanol–water partition coefficient (Wildman–Crippen LogP) is 6.23. The Morgan fingerprint density at radius 3 is 0.857 bits per heavy atom. The van der Waals surface area contributed by atoms with Crippen molar-refractivity contribution in [3.8, 4) is 44.5 Å². The number of carbonyl (C=O) groups excluding carboxylic acids is 4. The van der Waals surface area contributed by atoms with Gasteiger partial charge < -0.3 is 61.0 Å². The number of aromatic nitrogens is 4. The summed E-state index contributed by atoms with van der Waals surface area (Å²) >= 11 is 0. The first-order chi connectivity index (χ1) is 53.8. The van der Waals surface area contributed by atoms with Crippen molar-refractivity contribution in [1.29, 1.82) is 0 Å². The second kappa shape index (κ2) is 37.8. The molecular weight excluding hydrogens is 1430 g/mol. The highest BCUT2D eigenvalue weighted by atomic mass is 16.4. The molecule has 0 aliphatic carbocycles. The SMILES string of the molecule is Cc1cc(C)c(-c2c3nc(c(-c4ccc(CNC(=O)CN5CCN(CC(=O)O)CCN(CC(=O)O)CCN(C(=O)CO)CC5)cc4)c4ccc([nH]4)c(-c4c(C)cc(C)cc4C)c4nc(c(-c5ccc(CNC(=O)CN6CCN(CC(=O)O)CCN(CC(=O)O)CCN(C(=O)CO)CC6)cc5)c5ccc2[nH]5)C=C4)C=C3)c(C)c1. The number of aliphatic hydroxyl groups excluding tert-OH is 2. The molecule has 3 aromatic heterocycles. The quantitative estimate of drug-likeness (QED) is 0.0359. The first kappa shape index (κ1) is 81.9. The van der Waals surface area contributed by atoms with Gasteiger partial charge >= 0.3 is 23.9 Å². The van der Waals surface area contributed by atoms with Crippen molar-refractivity contribution in [2.75, 3.05) is 157 Å². The zero-order valence-electron chi connectivity index (χ0n) is 64.4. The molecule has 7 heterocycles. The Morgan fingerprint density at radius 2 is 0.589 bits per heavy atom. The van der Waals surface area contributed by atoms with E-state index in [0.29, 0.717) is 11.4 Å². The van der Waals surface area contributed by atoms with Crippen molar-refractivity contribution in [2.45, 2.75) is 54.6 Å². The maximum absolute atomic E-state index is 14.0. The number of hydrogen-bond acceptors (Lipinski definition) is 18. The Labute approximate surface area is 650 Å². The summed E-state index contributed by atoms with van der Waals surface area (Å²) in [5.41, 5.74) is 21.3. The molecule has 4 aromatic carbocycles. The maximum Gasteiger partial charge on any atom is 0.317 e. The van der Waals surface area contributed by atoms with Gasteiger partial charge in [0.2, 0.25) is 23.6 Å². The van der Waals surface area contributed by atoms with Gasteiger partial charge in [0, 0.05) is 162 Å². The van der Waals surface area contributed by atoms with Crippen LogP contribution in [0.1, 0.15) is 67.3 Å². The van der Waals surface area contributed by atoms with Crippen LogP contribution < -0.4 is 10.6 Å². The van der Waals surface area contributed by atoms with Gasteiger partial charge in [0.1, 0.15) is 13.2 Å². The molecule has 8 bridgehead atoms. The molecule has 11 rings (SSSR count). The molecule has 0 saturated carbocycles. The number of H-pyrrole nitrogens is 2. The monoisotopic (exact) mass is 1530 g/mol. The Kier molecular flexibility index (Phi) is 27.6. The number of rotatable bonds is 22. The average Bonchev–Trinajstić information content (AvgIpc) is 1.59. The summed E-state index contributed by atoms with van der Waals surface area (Å²) in [6, 6.07) is 33.0. The van der Waals surface area contributed by atoms with E-state index < -0.39 is 48.9 Å². The van der Waals surface area contributed by atoms with Gasteiger partial charge in [-0.1, -0.05) is 83.9 Å². The summed E-state index contributed by atoms with van der Waals surface area (Å²) in [4.78, 5) is 133. The van der Waals surface area contributed by atoms with Gasteiger partial charge in [-0.25, -0.2) is 9.97 Å². The van der Waals surface area contributed by atoms with Crippen molar-refractivity contribution in [3.05, 3.63) is 164 Å². The highest BCUT2D eigenvalue weighted by molar-refractivity contribution is 6.01. The number of aliphatic hydroxyl groups is 2. The number of nitrogens with one attached hydrogen (secondary N) is 4. The molecule has 28 heteroatoms. The average molecular weight is 1530 g/mol. The van der Waals surface area contributed by atoms with Gasteiger partial charge in [0.25, 0.3) is 0 Å². The van der Waals surface area contributed by atoms with Crippen LogP contribution in [-0.4, -0.2) is 294 Å². The third-order valence-corrected chi connectivity index (χ3v) is 20.9. The number of aliphatic carboxylic acids is 4. The minimum Gasteiger partial charge on any atom is -0.480 e. The molecule has 7 aromatic rings. The normalized spacial score (nSPS) is 15.8. The molecule has 0 unspecified atom stereocenters. The molecule has 28 nitrogen and oxygen atoms in total. The number of carboxylic acids is 4. The van der Waals surface area contributed by atoms with E-state index in [0.717, 1.165) is 122 Å². The number of carboxylic acid groups (broad SMARTS) is 4. The number of fused-ring (bicyclic) bond motifs is 8. The van der Waals surface area contributed by atoms with Gasteiger partial charge in [-0.05, 0) is 146 Å². The van der Waals surface area contributed by atoms with Gasteiger partial charge in [0.15, 0.2) is 0 Å². The fourth-order valence-electron chi connectivity index (χ4n) is 15.5. The Balaban J connectivity index is 0.930. The predicted molar refractivity (Wildman–Crippen MR) is 429 cm³/mol. The Hall–Kier alpha value is -11.1. The van der Waals surface area contributed by atoms with Crippen LogP contribution in [0.2, 0.25) is 0 Å². The third kappa shape index (κ3) is 21.3. The molecule has 4 amide bonds. The van der Waals surface area contributed by atoms with Crippen molar-refractivity contribution >= 4 is 93.9 Å². The minimum absolute atomic E-state index is 0.0665. The van der Waals surface area contributed by atoms with Crippen molar-refractivity contribution in [2.24, 2.45) is 0 Å².